The first-order valence-electron chi connectivity index (χ1n) is 11.1. The predicted octanol–water partition coefficient (Wildman–Crippen LogP) is -1.52. The van der Waals surface area contributed by atoms with Gasteiger partial charge < -0.3 is 49.6 Å². The van der Waals surface area contributed by atoms with Crippen LogP contribution in [0, 0.1) is 16.7 Å². The van der Waals surface area contributed by atoms with E-state index in [9.17, 15) is 30.6 Å². The van der Waals surface area contributed by atoms with Gasteiger partial charge in [0.2, 0.25) is 0 Å². The summed E-state index contributed by atoms with van der Waals surface area (Å²) in [6.45, 7) is 6.16. The van der Waals surface area contributed by atoms with Crippen LogP contribution in [0.15, 0.2) is 0 Å². The second-order valence-electron chi connectivity index (χ2n) is 10.3. The maximum atomic E-state index is 10.5. The molecular formula is C21H36O10. The minimum absolute atomic E-state index is 0.0786. The Kier molecular flexibility index (Phi) is 6.46. The van der Waals surface area contributed by atoms with Crippen LogP contribution in [-0.2, 0) is 18.9 Å². The van der Waals surface area contributed by atoms with E-state index in [4.69, 9.17) is 18.9 Å². The number of aliphatic hydroxyl groups excluding tert-OH is 6. The first-order chi connectivity index (χ1) is 14.5. The molecule has 2 heterocycles. The molecule has 2 aliphatic heterocycles. The Morgan fingerprint density at radius 1 is 0.871 bits per heavy atom. The second-order valence-corrected chi connectivity index (χ2v) is 10.3. The monoisotopic (exact) mass is 448 g/mol. The quantitative estimate of drug-likeness (QED) is 0.292. The summed E-state index contributed by atoms with van der Waals surface area (Å²) >= 11 is 0. The molecule has 2 aliphatic carbocycles. The number of hydrogen-bond donors (Lipinski definition) is 6. The Hall–Kier alpha value is -0.400. The smallest absolute Gasteiger partial charge is 0.186 e. The van der Waals surface area contributed by atoms with Gasteiger partial charge in [-0.1, -0.05) is 20.8 Å². The number of rotatable bonds is 5. The van der Waals surface area contributed by atoms with Crippen molar-refractivity contribution in [1.29, 1.82) is 0 Å². The summed E-state index contributed by atoms with van der Waals surface area (Å²) in [6, 6.07) is 0. The summed E-state index contributed by atoms with van der Waals surface area (Å²) in [7, 11) is 0. The minimum atomic E-state index is -1.50. The summed E-state index contributed by atoms with van der Waals surface area (Å²) in [5, 5.41) is 60.5. The lowest BCUT2D eigenvalue weighted by molar-refractivity contribution is -0.333. The lowest BCUT2D eigenvalue weighted by atomic mass is 9.70. The summed E-state index contributed by atoms with van der Waals surface area (Å²) in [6.07, 6.45) is -9.10. The molecule has 0 aromatic heterocycles. The molecule has 0 radical (unpaired) electrons. The molecule has 180 valence electrons. The molecular weight excluding hydrogens is 412 g/mol. The molecule has 4 aliphatic rings. The van der Waals surface area contributed by atoms with Crippen molar-refractivity contribution >= 4 is 0 Å². The van der Waals surface area contributed by atoms with Gasteiger partial charge in [0.05, 0.1) is 19.3 Å². The molecule has 12 atom stereocenters. The van der Waals surface area contributed by atoms with E-state index in [1.165, 1.54) is 0 Å². The van der Waals surface area contributed by atoms with Crippen LogP contribution in [0.4, 0.5) is 0 Å². The Morgan fingerprint density at radius 3 is 2.16 bits per heavy atom. The third-order valence-electron chi connectivity index (χ3n) is 8.56. The summed E-state index contributed by atoms with van der Waals surface area (Å²) in [5.74, 6) is 0.518. The van der Waals surface area contributed by atoms with Crippen LogP contribution in [0.1, 0.15) is 40.0 Å². The zero-order valence-corrected chi connectivity index (χ0v) is 18.2. The highest BCUT2D eigenvalue weighted by molar-refractivity contribution is 5.11. The van der Waals surface area contributed by atoms with Gasteiger partial charge in [-0.25, -0.2) is 0 Å². The van der Waals surface area contributed by atoms with Crippen LogP contribution < -0.4 is 0 Å². The van der Waals surface area contributed by atoms with E-state index in [1.807, 2.05) is 0 Å². The van der Waals surface area contributed by atoms with Crippen LogP contribution in [0.3, 0.4) is 0 Å². The summed E-state index contributed by atoms with van der Waals surface area (Å²) in [4.78, 5) is 0. The first-order valence-corrected chi connectivity index (χ1v) is 11.1. The van der Waals surface area contributed by atoms with Crippen molar-refractivity contribution in [3.8, 4) is 0 Å². The van der Waals surface area contributed by atoms with Gasteiger partial charge in [-0.05, 0) is 36.0 Å². The Bertz CT molecular complexity index is 646. The van der Waals surface area contributed by atoms with E-state index in [2.05, 4.69) is 20.8 Å². The Labute approximate surface area is 181 Å². The van der Waals surface area contributed by atoms with Crippen LogP contribution >= 0.6 is 0 Å². The predicted molar refractivity (Wildman–Crippen MR) is 104 cm³/mol. The molecule has 6 N–H and O–H groups in total. The minimum Gasteiger partial charge on any atom is -0.388 e. The number of aliphatic hydroxyl groups is 6. The van der Waals surface area contributed by atoms with Crippen molar-refractivity contribution in [2.45, 2.75) is 101 Å². The van der Waals surface area contributed by atoms with E-state index in [0.29, 0.717) is 5.92 Å². The van der Waals surface area contributed by atoms with Gasteiger partial charge in [0.1, 0.15) is 42.7 Å². The van der Waals surface area contributed by atoms with Gasteiger partial charge in [-0.3, -0.25) is 0 Å². The Morgan fingerprint density at radius 2 is 1.55 bits per heavy atom. The molecule has 10 heteroatoms. The summed E-state index contributed by atoms with van der Waals surface area (Å²) < 4.78 is 22.6. The van der Waals surface area contributed by atoms with Crippen LogP contribution in [0.25, 0.3) is 0 Å². The number of hydrogen-bond acceptors (Lipinski definition) is 10. The van der Waals surface area contributed by atoms with E-state index in [-0.39, 0.29) is 30.1 Å². The molecule has 10 nitrogen and oxygen atoms in total. The standard InChI is InChI=1S/C21H36O10/c1-20(2)9-4-5-21(20,3)12(6-9)31-19-17(27)15(25)14(24)11(30-19)8-29-18-16(26)13(23)10(22)7-28-18/h9-19,22-27H,4-8H2,1-3H3/t9-,10-,11+,12+,13-,14+,15-,16+,17+,18-,19-,21+/m0/s1. The lowest BCUT2D eigenvalue weighted by Gasteiger charge is -2.45. The molecule has 2 saturated carbocycles. The summed E-state index contributed by atoms with van der Waals surface area (Å²) in [5.41, 5.74) is 0.0164. The van der Waals surface area contributed by atoms with Crippen molar-refractivity contribution in [1.82, 2.24) is 0 Å². The third-order valence-corrected chi connectivity index (χ3v) is 8.56. The molecule has 0 aromatic rings. The maximum Gasteiger partial charge on any atom is 0.186 e. The van der Waals surface area contributed by atoms with Crippen LogP contribution in [0.5, 0.6) is 0 Å². The van der Waals surface area contributed by atoms with Crippen molar-refractivity contribution < 1.29 is 49.6 Å². The van der Waals surface area contributed by atoms with Gasteiger partial charge in [-0.2, -0.15) is 0 Å². The van der Waals surface area contributed by atoms with E-state index >= 15 is 0 Å². The topological polar surface area (TPSA) is 158 Å². The normalized spacial score (nSPS) is 54.3. The van der Waals surface area contributed by atoms with Crippen molar-refractivity contribution in [3.05, 3.63) is 0 Å². The fraction of sp³-hybridized carbons (Fsp3) is 1.00. The third kappa shape index (κ3) is 3.84. The fourth-order valence-electron chi connectivity index (χ4n) is 5.78. The molecule has 0 aromatic carbocycles. The Balaban J connectivity index is 1.39. The van der Waals surface area contributed by atoms with E-state index < -0.39 is 55.3 Å². The van der Waals surface area contributed by atoms with Gasteiger partial charge in [0.25, 0.3) is 0 Å². The van der Waals surface area contributed by atoms with Gasteiger partial charge in [-0.15, -0.1) is 0 Å². The van der Waals surface area contributed by atoms with Crippen molar-refractivity contribution in [2.24, 2.45) is 16.7 Å². The van der Waals surface area contributed by atoms with Gasteiger partial charge in [0, 0.05) is 0 Å². The maximum absolute atomic E-state index is 10.5. The molecule has 0 unspecified atom stereocenters. The molecule has 0 spiro atoms. The molecule has 4 fully saturated rings. The highest BCUT2D eigenvalue weighted by Crippen LogP contribution is 2.66. The van der Waals surface area contributed by atoms with Crippen LogP contribution in [0.2, 0.25) is 0 Å². The highest BCUT2D eigenvalue weighted by Gasteiger charge is 2.63. The van der Waals surface area contributed by atoms with Gasteiger partial charge in [0.15, 0.2) is 12.6 Å². The molecule has 4 rings (SSSR count). The SMILES string of the molecule is CC1(C)[C@H]2CC[C@]1(C)[C@H](O[C@@H]1O[C@H](CO[C@@H]3OC[C@H](O)[C@H](O)[C@H]3O)[C@@H](O)[C@H](O)[C@H]1O)C2. The van der Waals surface area contributed by atoms with Crippen LogP contribution in [-0.4, -0.2) is 105 Å². The largest absolute Gasteiger partial charge is 0.388 e. The van der Waals surface area contributed by atoms with Crippen molar-refractivity contribution in [2.75, 3.05) is 13.2 Å². The zero-order valence-electron chi connectivity index (χ0n) is 18.2. The zero-order chi connectivity index (χ0) is 22.7. The highest BCUT2D eigenvalue weighted by atomic mass is 16.7. The molecule has 0 amide bonds. The molecule has 2 bridgehead atoms. The fourth-order valence-corrected chi connectivity index (χ4v) is 5.78. The molecule has 31 heavy (non-hydrogen) atoms. The average Bonchev–Trinajstić information content (AvgIpc) is 3.06. The second kappa shape index (κ2) is 8.43. The first kappa shape index (κ1) is 23.7. The number of ether oxygens (including phenoxy) is 4. The number of fused-ring (bicyclic) bond motifs is 2. The van der Waals surface area contributed by atoms with E-state index in [0.717, 1.165) is 19.3 Å². The van der Waals surface area contributed by atoms with Crippen molar-refractivity contribution in [3.63, 3.8) is 0 Å². The van der Waals surface area contributed by atoms with Gasteiger partial charge >= 0.3 is 0 Å². The average molecular weight is 449 g/mol. The lowest BCUT2D eigenvalue weighted by Crippen LogP contribution is -2.61. The van der Waals surface area contributed by atoms with E-state index in [1.54, 1.807) is 0 Å². The molecule has 2 saturated heterocycles.